The van der Waals surface area contributed by atoms with Crippen molar-refractivity contribution in [2.45, 2.75) is 44.4 Å². The molecule has 2 aromatic heterocycles. The summed E-state index contributed by atoms with van der Waals surface area (Å²) in [5.41, 5.74) is -0.926. The van der Waals surface area contributed by atoms with Crippen molar-refractivity contribution in [1.29, 1.82) is 0 Å². The van der Waals surface area contributed by atoms with E-state index in [0.29, 0.717) is 11.3 Å². The minimum atomic E-state index is -2.25. The molecule has 1 amide bonds. The van der Waals surface area contributed by atoms with Crippen molar-refractivity contribution in [3.63, 3.8) is 0 Å². The summed E-state index contributed by atoms with van der Waals surface area (Å²) in [6, 6.07) is 9.18. The number of halogens is 1. The van der Waals surface area contributed by atoms with Gasteiger partial charge in [0.15, 0.2) is 28.9 Å². The number of imidazole rings is 1. The van der Waals surface area contributed by atoms with Crippen molar-refractivity contribution in [1.82, 2.24) is 19.5 Å². The molecule has 0 spiro atoms. The fourth-order valence-corrected chi connectivity index (χ4v) is 3.82. The van der Waals surface area contributed by atoms with E-state index in [0.717, 1.165) is 5.56 Å². The van der Waals surface area contributed by atoms with E-state index in [2.05, 4.69) is 25.6 Å². The summed E-state index contributed by atoms with van der Waals surface area (Å²) < 4.78 is 27.5. The molecular formula is C22H25FN6O5. The molecule has 3 N–H and O–H groups in total. The monoisotopic (exact) mass is 472 g/mol. The van der Waals surface area contributed by atoms with Crippen molar-refractivity contribution in [2.24, 2.45) is 0 Å². The fourth-order valence-electron chi connectivity index (χ4n) is 3.82. The second-order valence-corrected chi connectivity index (χ2v) is 8.11. The van der Waals surface area contributed by atoms with E-state index in [9.17, 15) is 14.7 Å². The van der Waals surface area contributed by atoms with E-state index >= 15 is 4.39 Å². The number of aromatic nitrogens is 4. The second kappa shape index (κ2) is 9.31. The third kappa shape index (κ3) is 4.54. The topological polar surface area (TPSA) is 140 Å². The smallest absolute Gasteiger partial charge is 0.302 e. The predicted molar refractivity (Wildman–Crippen MR) is 120 cm³/mol. The Morgan fingerprint density at radius 1 is 1.29 bits per heavy atom. The van der Waals surface area contributed by atoms with Crippen molar-refractivity contribution in [3.8, 4) is 0 Å². The molecule has 34 heavy (non-hydrogen) atoms. The lowest BCUT2D eigenvalue weighted by Gasteiger charge is -2.24. The Kier molecular flexibility index (Phi) is 6.44. The van der Waals surface area contributed by atoms with Gasteiger partial charge in [-0.05, 0) is 12.5 Å². The largest absolute Gasteiger partial charge is 0.463 e. The average Bonchev–Trinajstić information content (AvgIpc) is 3.30. The molecule has 0 radical (unpaired) electrons. The van der Waals surface area contributed by atoms with E-state index in [1.54, 1.807) is 7.05 Å². The number of fused-ring (bicyclic) bond motifs is 1. The van der Waals surface area contributed by atoms with Gasteiger partial charge in [0.1, 0.15) is 18.8 Å². The van der Waals surface area contributed by atoms with Crippen LogP contribution in [0.1, 0.15) is 25.6 Å². The van der Waals surface area contributed by atoms with E-state index in [-0.39, 0.29) is 30.5 Å². The number of carbonyl (C=O) groups excluding carboxylic acids is 2. The number of rotatable bonds is 7. The average molecular weight is 472 g/mol. The maximum atomic E-state index is 15.6. The highest BCUT2D eigenvalue weighted by molar-refractivity contribution is 5.92. The molecule has 0 unspecified atom stereocenters. The SMILES string of the molecule is CNc1nc(NC(=O)Cc2ccccc2)nc2c1ncn2[C@@H]1O[C@H](COC(C)=O)[C@@H](O)[C@@]1(C)F. The van der Waals surface area contributed by atoms with Gasteiger partial charge in [-0.1, -0.05) is 30.3 Å². The fraction of sp³-hybridized carbons (Fsp3) is 0.409. The van der Waals surface area contributed by atoms with Gasteiger partial charge in [0.2, 0.25) is 11.9 Å². The number of benzene rings is 1. The Balaban J connectivity index is 1.64. The predicted octanol–water partition coefficient (Wildman–Crippen LogP) is 1.60. The van der Waals surface area contributed by atoms with Crippen molar-refractivity contribution >= 4 is 34.8 Å². The summed E-state index contributed by atoms with van der Waals surface area (Å²) in [6.45, 7) is 2.09. The van der Waals surface area contributed by atoms with Crippen LogP contribution in [0.2, 0.25) is 0 Å². The highest BCUT2D eigenvalue weighted by Crippen LogP contribution is 2.42. The van der Waals surface area contributed by atoms with Gasteiger partial charge in [0.25, 0.3) is 0 Å². The highest BCUT2D eigenvalue weighted by atomic mass is 19.1. The van der Waals surface area contributed by atoms with Gasteiger partial charge in [0, 0.05) is 14.0 Å². The number of anilines is 2. The zero-order valence-corrected chi connectivity index (χ0v) is 18.9. The minimum absolute atomic E-state index is 0.00454. The molecule has 1 aliphatic heterocycles. The lowest BCUT2D eigenvalue weighted by atomic mass is 9.98. The molecule has 0 saturated carbocycles. The van der Waals surface area contributed by atoms with Crippen molar-refractivity contribution in [3.05, 3.63) is 42.2 Å². The Labute approximate surface area is 194 Å². The van der Waals surface area contributed by atoms with Crippen LogP contribution in [0.15, 0.2) is 36.7 Å². The van der Waals surface area contributed by atoms with Crippen LogP contribution in [0.25, 0.3) is 11.2 Å². The standard InChI is InChI=1S/C22H25FN6O5/c1-12(30)33-10-14-17(32)22(2,23)20(34-14)29-11-25-16-18(24-3)27-21(28-19(16)29)26-15(31)9-13-7-5-4-6-8-13/h4-8,11,14,17,20,32H,9-10H2,1-3H3,(H2,24,26,27,28,31)/t14-,17-,20-,22-/m1/s1. The first-order valence-electron chi connectivity index (χ1n) is 10.6. The summed E-state index contributed by atoms with van der Waals surface area (Å²) >= 11 is 0. The maximum Gasteiger partial charge on any atom is 0.302 e. The first-order valence-corrected chi connectivity index (χ1v) is 10.6. The summed E-state index contributed by atoms with van der Waals surface area (Å²) in [4.78, 5) is 36.6. The molecule has 0 bridgehead atoms. The van der Waals surface area contributed by atoms with E-state index in [4.69, 9.17) is 9.47 Å². The van der Waals surface area contributed by atoms with Crippen LogP contribution in [-0.4, -0.2) is 68.0 Å². The third-order valence-corrected chi connectivity index (χ3v) is 5.54. The molecule has 3 heterocycles. The molecule has 12 heteroatoms. The van der Waals surface area contributed by atoms with Gasteiger partial charge in [-0.25, -0.2) is 9.37 Å². The van der Waals surface area contributed by atoms with Gasteiger partial charge in [0.05, 0.1) is 12.7 Å². The maximum absolute atomic E-state index is 15.6. The second-order valence-electron chi connectivity index (χ2n) is 8.11. The molecule has 4 rings (SSSR count). The minimum Gasteiger partial charge on any atom is -0.463 e. The highest BCUT2D eigenvalue weighted by Gasteiger charge is 2.55. The van der Waals surface area contributed by atoms with Crippen molar-refractivity contribution < 1.29 is 28.6 Å². The zero-order chi connectivity index (χ0) is 24.5. The van der Waals surface area contributed by atoms with Gasteiger partial charge in [-0.2, -0.15) is 9.97 Å². The number of alkyl halides is 1. The number of aliphatic hydroxyl groups excluding tert-OH is 1. The normalized spacial score (nSPS) is 24.2. The molecule has 0 aliphatic carbocycles. The molecule has 180 valence electrons. The molecule has 4 atom stereocenters. The number of aliphatic hydroxyl groups is 1. The summed E-state index contributed by atoms with van der Waals surface area (Å²) in [5, 5.41) is 16.0. The molecule has 1 aromatic carbocycles. The Hall–Kier alpha value is -3.64. The van der Waals surface area contributed by atoms with E-state index in [1.807, 2.05) is 30.3 Å². The van der Waals surface area contributed by atoms with E-state index in [1.165, 1.54) is 24.7 Å². The van der Waals surface area contributed by atoms with Crippen LogP contribution in [-0.2, 0) is 25.5 Å². The van der Waals surface area contributed by atoms with Gasteiger partial charge >= 0.3 is 5.97 Å². The van der Waals surface area contributed by atoms with E-state index < -0.39 is 30.1 Å². The molecule has 3 aromatic rings. The number of hydrogen-bond donors (Lipinski definition) is 3. The number of nitrogens with one attached hydrogen (secondary N) is 2. The van der Waals surface area contributed by atoms with Crippen molar-refractivity contribution in [2.75, 3.05) is 24.3 Å². The van der Waals surface area contributed by atoms with Crippen LogP contribution in [0, 0.1) is 0 Å². The molecule has 1 aliphatic rings. The summed E-state index contributed by atoms with van der Waals surface area (Å²) in [6.07, 6.45) is -2.53. The van der Waals surface area contributed by atoms with Crippen LogP contribution < -0.4 is 10.6 Å². The molecule has 11 nitrogen and oxygen atoms in total. The Bertz CT molecular complexity index is 1200. The Morgan fingerprint density at radius 2 is 2.03 bits per heavy atom. The van der Waals surface area contributed by atoms with Gasteiger partial charge in [-0.15, -0.1) is 0 Å². The van der Waals surface area contributed by atoms with Crippen LogP contribution in [0.3, 0.4) is 0 Å². The van der Waals surface area contributed by atoms with Gasteiger partial charge in [-0.3, -0.25) is 19.5 Å². The number of amides is 1. The first-order chi connectivity index (χ1) is 16.2. The zero-order valence-electron chi connectivity index (χ0n) is 18.9. The van der Waals surface area contributed by atoms with Gasteiger partial charge < -0.3 is 19.9 Å². The lowest BCUT2D eigenvalue weighted by Crippen LogP contribution is -2.41. The first kappa shape index (κ1) is 23.5. The van der Waals surface area contributed by atoms with Crippen LogP contribution in [0.4, 0.5) is 16.2 Å². The number of ether oxygens (including phenoxy) is 2. The van der Waals surface area contributed by atoms with Crippen LogP contribution >= 0.6 is 0 Å². The number of hydrogen-bond acceptors (Lipinski definition) is 9. The summed E-state index contributed by atoms with van der Waals surface area (Å²) in [7, 11) is 1.63. The Morgan fingerprint density at radius 3 is 2.71 bits per heavy atom. The number of carbonyl (C=O) groups is 2. The van der Waals surface area contributed by atoms with Crippen LogP contribution in [0.5, 0.6) is 0 Å². The third-order valence-electron chi connectivity index (χ3n) is 5.54. The lowest BCUT2D eigenvalue weighted by molar-refractivity contribution is -0.147. The number of esters is 1. The summed E-state index contributed by atoms with van der Waals surface area (Å²) in [5.74, 6) is -0.595. The quantitative estimate of drug-likeness (QED) is 0.437. The molecule has 1 saturated heterocycles. The molecular weight excluding hydrogens is 447 g/mol. The molecule has 1 fully saturated rings. The number of nitrogens with zero attached hydrogens (tertiary/aromatic N) is 4.